The number of H-pyrrole nitrogens is 1. The third kappa shape index (κ3) is 3.32. The lowest BCUT2D eigenvalue weighted by atomic mass is 10.2. The summed E-state index contributed by atoms with van der Waals surface area (Å²) in [5, 5.41) is 15.4. The number of rotatable bonds is 5. The van der Waals surface area contributed by atoms with Crippen molar-refractivity contribution in [3.63, 3.8) is 0 Å². The first-order valence-corrected chi connectivity index (χ1v) is 7.81. The number of nitrogens with one attached hydrogen (secondary N) is 2. The molecule has 0 aliphatic rings. The lowest BCUT2D eigenvalue weighted by molar-refractivity contribution is 0.601. The highest BCUT2D eigenvalue weighted by molar-refractivity contribution is 7.92. The number of nitrogens with zero attached hydrogens (tertiary/aromatic N) is 2. The molecule has 0 fully saturated rings. The van der Waals surface area contributed by atoms with Gasteiger partial charge in [-0.05, 0) is 24.6 Å². The van der Waals surface area contributed by atoms with E-state index in [1.54, 1.807) is 6.07 Å². The average Bonchev–Trinajstić information content (AvgIpc) is 2.85. The lowest BCUT2D eigenvalue weighted by Crippen LogP contribution is -2.15. The van der Waals surface area contributed by atoms with Gasteiger partial charge in [0.25, 0.3) is 10.0 Å². The number of nitrogens with two attached hydrogens (primary N) is 1. The topological polar surface area (TPSA) is 125 Å². The number of sulfonamides is 1. The number of aromatic amines is 1. The molecule has 4 N–H and O–H groups in total. The van der Waals surface area contributed by atoms with Gasteiger partial charge in [0.2, 0.25) is 0 Å². The van der Waals surface area contributed by atoms with Crippen molar-refractivity contribution in [2.45, 2.75) is 24.7 Å². The summed E-state index contributed by atoms with van der Waals surface area (Å²) in [6.45, 7) is 2.02. The molecule has 2 rings (SSSR count). The first-order valence-electron chi connectivity index (χ1n) is 6.33. The van der Waals surface area contributed by atoms with Crippen LogP contribution in [0.5, 0.6) is 0 Å². The van der Waals surface area contributed by atoms with Gasteiger partial charge in [0.1, 0.15) is 4.90 Å². The molecule has 0 saturated carbocycles. The minimum Gasteiger partial charge on any atom is -0.398 e. The second-order valence-corrected chi connectivity index (χ2v) is 6.15. The number of benzene rings is 1. The van der Waals surface area contributed by atoms with Crippen LogP contribution >= 0.6 is 0 Å². The molecular weight excluding hydrogens is 290 g/mol. The highest BCUT2D eigenvalue weighted by Crippen LogP contribution is 2.22. The summed E-state index contributed by atoms with van der Waals surface area (Å²) in [7, 11) is -3.84. The fourth-order valence-corrected chi connectivity index (χ4v) is 2.97. The average molecular weight is 305 g/mol. The Morgan fingerprint density at radius 2 is 2.19 bits per heavy atom. The third-order valence-corrected chi connectivity index (χ3v) is 4.25. The Bertz CT molecular complexity index is 789. The summed E-state index contributed by atoms with van der Waals surface area (Å²) >= 11 is 0. The van der Waals surface area contributed by atoms with Crippen molar-refractivity contribution < 1.29 is 8.42 Å². The summed E-state index contributed by atoms with van der Waals surface area (Å²) in [4.78, 5) is -0.0819. The standard InChI is InChI=1S/C13H15N5O2S/c1-2-3-10-7-13(17-16-10)18-21(19,20)12-5-4-9(8-14)6-11(12)15/h4-7H,2-3,15H2,1H3,(H2,16,17,18). The summed E-state index contributed by atoms with van der Waals surface area (Å²) < 4.78 is 26.9. The van der Waals surface area contributed by atoms with E-state index in [0.717, 1.165) is 18.5 Å². The van der Waals surface area contributed by atoms with Crippen LogP contribution in [0.25, 0.3) is 0 Å². The molecule has 110 valence electrons. The van der Waals surface area contributed by atoms with Crippen LogP contribution in [0.2, 0.25) is 0 Å². The largest absolute Gasteiger partial charge is 0.398 e. The van der Waals surface area contributed by atoms with Crippen molar-refractivity contribution >= 4 is 21.5 Å². The molecule has 0 radical (unpaired) electrons. The second kappa shape index (κ2) is 5.85. The van der Waals surface area contributed by atoms with Gasteiger partial charge >= 0.3 is 0 Å². The molecule has 1 aromatic carbocycles. The van der Waals surface area contributed by atoms with Gasteiger partial charge in [0, 0.05) is 11.8 Å². The quantitative estimate of drug-likeness (QED) is 0.724. The maximum absolute atomic E-state index is 12.3. The minimum absolute atomic E-state index is 0.0193. The van der Waals surface area contributed by atoms with Crippen LogP contribution in [0.4, 0.5) is 11.5 Å². The Labute approximate surface area is 122 Å². The number of aryl methyl sites for hydroxylation is 1. The molecule has 0 unspecified atom stereocenters. The molecule has 0 spiro atoms. The van der Waals surface area contributed by atoms with Crippen molar-refractivity contribution in [1.82, 2.24) is 10.2 Å². The van der Waals surface area contributed by atoms with Crippen LogP contribution in [-0.2, 0) is 16.4 Å². The van der Waals surface area contributed by atoms with Gasteiger partial charge in [0.05, 0.1) is 17.3 Å². The molecule has 0 aliphatic carbocycles. The number of nitriles is 1. The second-order valence-electron chi connectivity index (χ2n) is 4.50. The van der Waals surface area contributed by atoms with Crippen molar-refractivity contribution in [3.05, 3.63) is 35.5 Å². The van der Waals surface area contributed by atoms with E-state index in [9.17, 15) is 8.42 Å². The van der Waals surface area contributed by atoms with Crippen LogP contribution < -0.4 is 10.5 Å². The smallest absolute Gasteiger partial charge is 0.265 e. The zero-order valence-electron chi connectivity index (χ0n) is 11.4. The van der Waals surface area contributed by atoms with Crippen LogP contribution in [0.1, 0.15) is 24.6 Å². The maximum atomic E-state index is 12.3. The molecular formula is C13H15N5O2S. The van der Waals surface area contributed by atoms with E-state index in [2.05, 4.69) is 14.9 Å². The highest BCUT2D eigenvalue weighted by Gasteiger charge is 2.19. The molecule has 0 saturated heterocycles. The van der Waals surface area contributed by atoms with Crippen LogP contribution in [0.15, 0.2) is 29.2 Å². The van der Waals surface area contributed by atoms with Gasteiger partial charge in [-0.3, -0.25) is 9.82 Å². The van der Waals surface area contributed by atoms with E-state index in [4.69, 9.17) is 11.0 Å². The number of hydrogen-bond donors (Lipinski definition) is 3. The molecule has 7 nitrogen and oxygen atoms in total. The zero-order chi connectivity index (χ0) is 15.5. The summed E-state index contributed by atoms with van der Waals surface area (Å²) in [5.74, 6) is 0.210. The molecule has 0 atom stereocenters. The van der Waals surface area contributed by atoms with Crippen LogP contribution in [-0.4, -0.2) is 18.6 Å². The van der Waals surface area contributed by atoms with Gasteiger partial charge in [-0.2, -0.15) is 10.4 Å². The normalized spacial score (nSPS) is 11.0. The van der Waals surface area contributed by atoms with Gasteiger partial charge in [-0.15, -0.1) is 0 Å². The molecule has 2 aromatic rings. The van der Waals surface area contributed by atoms with Crippen LogP contribution in [0.3, 0.4) is 0 Å². The fourth-order valence-electron chi connectivity index (χ4n) is 1.87. The molecule has 8 heteroatoms. The highest BCUT2D eigenvalue weighted by atomic mass is 32.2. The summed E-state index contributed by atoms with van der Waals surface area (Å²) in [6, 6.07) is 7.56. The van der Waals surface area contributed by atoms with Crippen molar-refractivity contribution in [1.29, 1.82) is 5.26 Å². The van der Waals surface area contributed by atoms with Crippen molar-refractivity contribution in [3.8, 4) is 6.07 Å². The first-order chi connectivity index (χ1) is 9.96. The minimum atomic E-state index is -3.84. The van der Waals surface area contributed by atoms with E-state index in [-0.39, 0.29) is 16.4 Å². The van der Waals surface area contributed by atoms with E-state index >= 15 is 0 Å². The van der Waals surface area contributed by atoms with Gasteiger partial charge in [-0.1, -0.05) is 13.3 Å². The summed E-state index contributed by atoms with van der Waals surface area (Å²) in [6.07, 6.45) is 1.71. The molecule has 21 heavy (non-hydrogen) atoms. The number of aromatic nitrogens is 2. The van der Waals surface area contributed by atoms with Gasteiger partial charge in [-0.25, -0.2) is 8.42 Å². The molecule has 0 amide bonds. The predicted molar refractivity (Wildman–Crippen MR) is 79.0 cm³/mol. The number of hydrogen-bond acceptors (Lipinski definition) is 5. The SMILES string of the molecule is CCCc1cc(NS(=O)(=O)c2ccc(C#N)cc2N)n[nH]1. The van der Waals surface area contributed by atoms with Gasteiger partial charge < -0.3 is 5.73 Å². The number of nitrogen functional groups attached to an aromatic ring is 1. The monoisotopic (exact) mass is 305 g/mol. The molecule has 0 aliphatic heterocycles. The van der Waals surface area contributed by atoms with Crippen LogP contribution in [0, 0.1) is 11.3 Å². The van der Waals surface area contributed by atoms with E-state index < -0.39 is 10.0 Å². The number of anilines is 2. The Morgan fingerprint density at radius 1 is 1.43 bits per heavy atom. The molecule has 1 aromatic heterocycles. The van der Waals surface area contributed by atoms with E-state index in [0.29, 0.717) is 5.56 Å². The Balaban J connectivity index is 2.27. The lowest BCUT2D eigenvalue weighted by Gasteiger charge is -2.08. The Morgan fingerprint density at radius 3 is 2.81 bits per heavy atom. The predicted octanol–water partition coefficient (Wildman–Crippen LogP) is 1.62. The van der Waals surface area contributed by atoms with E-state index in [1.807, 2.05) is 13.0 Å². The van der Waals surface area contributed by atoms with Gasteiger partial charge in [0.15, 0.2) is 5.82 Å². The zero-order valence-corrected chi connectivity index (χ0v) is 12.2. The van der Waals surface area contributed by atoms with Crippen molar-refractivity contribution in [2.24, 2.45) is 0 Å². The first kappa shape index (κ1) is 14.9. The fraction of sp³-hybridized carbons (Fsp3) is 0.231. The Kier molecular flexibility index (Phi) is 4.14. The Hall–Kier alpha value is -2.53. The summed E-state index contributed by atoms with van der Waals surface area (Å²) in [5.41, 5.74) is 6.86. The van der Waals surface area contributed by atoms with Crippen molar-refractivity contribution in [2.75, 3.05) is 10.5 Å². The maximum Gasteiger partial charge on any atom is 0.265 e. The third-order valence-electron chi connectivity index (χ3n) is 2.82. The van der Waals surface area contributed by atoms with E-state index in [1.165, 1.54) is 18.2 Å². The molecule has 1 heterocycles. The molecule has 0 bridgehead atoms.